The van der Waals surface area contributed by atoms with Gasteiger partial charge in [0, 0.05) is 19.0 Å². The van der Waals surface area contributed by atoms with Gasteiger partial charge in [-0.3, -0.25) is 9.59 Å². The highest BCUT2D eigenvalue weighted by molar-refractivity contribution is 5.79. The Kier molecular flexibility index (Phi) is 7.67. The summed E-state index contributed by atoms with van der Waals surface area (Å²) in [6.07, 6.45) is 1.66. The smallest absolute Gasteiger partial charge is 0.303 e. The monoisotopic (exact) mass is 300 g/mol. The second kappa shape index (κ2) is 9.00. The summed E-state index contributed by atoms with van der Waals surface area (Å²) in [4.78, 5) is 22.8. The van der Waals surface area contributed by atoms with Crippen LogP contribution >= 0.6 is 0 Å². The van der Waals surface area contributed by atoms with Gasteiger partial charge in [0.1, 0.15) is 0 Å². The lowest BCUT2D eigenvalue weighted by atomic mass is 9.88. The van der Waals surface area contributed by atoms with Gasteiger partial charge in [0.15, 0.2) is 0 Å². The molecule has 1 aliphatic rings. The van der Waals surface area contributed by atoms with Crippen molar-refractivity contribution < 1.29 is 19.4 Å². The second-order valence-corrected chi connectivity index (χ2v) is 6.06. The largest absolute Gasteiger partial charge is 0.481 e. The molecule has 122 valence electrons. The quantitative estimate of drug-likeness (QED) is 0.588. The highest BCUT2D eigenvalue weighted by atomic mass is 16.5. The SMILES string of the molecule is CNC1COCC1C(=O)NCCC(CCC(=O)O)C(C)C. The lowest BCUT2D eigenvalue weighted by Crippen LogP contribution is -2.43. The molecule has 3 unspecified atom stereocenters. The van der Waals surface area contributed by atoms with Crippen LogP contribution in [0.1, 0.15) is 33.1 Å². The van der Waals surface area contributed by atoms with Crippen LogP contribution in [0.15, 0.2) is 0 Å². The molecule has 0 radical (unpaired) electrons. The van der Waals surface area contributed by atoms with Gasteiger partial charge in [0.2, 0.25) is 5.91 Å². The maximum absolute atomic E-state index is 12.1. The molecule has 0 bridgehead atoms. The number of carbonyl (C=O) groups excluding carboxylic acids is 1. The molecular weight excluding hydrogens is 272 g/mol. The van der Waals surface area contributed by atoms with Crippen LogP contribution in [0.4, 0.5) is 0 Å². The van der Waals surface area contributed by atoms with Crippen LogP contribution in [-0.4, -0.2) is 49.8 Å². The van der Waals surface area contributed by atoms with E-state index in [-0.39, 0.29) is 24.3 Å². The molecule has 0 aliphatic carbocycles. The van der Waals surface area contributed by atoms with Crippen molar-refractivity contribution in [2.45, 2.75) is 39.2 Å². The molecule has 1 aliphatic heterocycles. The summed E-state index contributed by atoms with van der Waals surface area (Å²) in [5.74, 6) is -0.133. The minimum absolute atomic E-state index is 0.0209. The van der Waals surface area contributed by atoms with Gasteiger partial charge in [-0.2, -0.15) is 0 Å². The number of nitrogens with one attached hydrogen (secondary N) is 2. The van der Waals surface area contributed by atoms with Gasteiger partial charge in [-0.1, -0.05) is 13.8 Å². The van der Waals surface area contributed by atoms with Gasteiger partial charge < -0.3 is 20.5 Å². The molecule has 0 aromatic heterocycles. The molecule has 0 aromatic carbocycles. The number of hydrogen-bond acceptors (Lipinski definition) is 4. The third kappa shape index (κ3) is 6.01. The number of carbonyl (C=O) groups is 2. The van der Waals surface area contributed by atoms with Crippen molar-refractivity contribution in [2.75, 3.05) is 26.8 Å². The van der Waals surface area contributed by atoms with E-state index in [0.717, 1.165) is 6.42 Å². The minimum Gasteiger partial charge on any atom is -0.481 e. The number of amides is 1. The number of likely N-dealkylation sites (N-methyl/N-ethyl adjacent to an activating group) is 1. The predicted octanol–water partition coefficient (Wildman–Crippen LogP) is 0.864. The highest BCUT2D eigenvalue weighted by Crippen LogP contribution is 2.21. The molecule has 1 heterocycles. The van der Waals surface area contributed by atoms with Crippen LogP contribution < -0.4 is 10.6 Å². The predicted molar refractivity (Wildman–Crippen MR) is 80.0 cm³/mol. The Morgan fingerprint density at radius 3 is 2.57 bits per heavy atom. The van der Waals surface area contributed by atoms with Crippen LogP contribution in [0.3, 0.4) is 0 Å². The summed E-state index contributed by atoms with van der Waals surface area (Å²) in [5, 5.41) is 14.8. The number of ether oxygens (including phenoxy) is 1. The van der Waals surface area contributed by atoms with Gasteiger partial charge in [0.25, 0.3) is 0 Å². The molecule has 3 atom stereocenters. The van der Waals surface area contributed by atoms with Crippen molar-refractivity contribution in [2.24, 2.45) is 17.8 Å². The molecule has 6 nitrogen and oxygen atoms in total. The average molecular weight is 300 g/mol. The molecular formula is C15H28N2O4. The van der Waals surface area contributed by atoms with Crippen molar-refractivity contribution >= 4 is 11.9 Å². The van der Waals surface area contributed by atoms with E-state index in [4.69, 9.17) is 9.84 Å². The molecule has 3 N–H and O–H groups in total. The fourth-order valence-electron chi connectivity index (χ4n) is 2.73. The van der Waals surface area contributed by atoms with E-state index in [1.54, 1.807) is 0 Å². The van der Waals surface area contributed by atoms with E-state index >= 15 is 0 Å². The topological polar surface area (TPSA) is 87.7 Å². The van der Waals surface area contributed by atoms with Gasteiger partial charge in [-0.15, -0.1) is 0 Å². The molecule has 21 heavy (non-hydrogen) atoms. The Labute approximate surface area is 126 Å². The highest BCUT2D eigenvalue weighted by Gasteiger charge is 2.32. The number of hydrogen-bond donors (Lipinski definition) is 3. The van der Waals surface area contributed by atoms with Crippen molar-refractivity contribution in [1.29, 1.82) is 0 Å². The van der Waals surface area contributed by atoms with Crippen LogP contribution in [0.2, 0.25) is 0 Å². The zero-order valence-electron chi connectivity index (χ0n) is 13.2. The Morgan fingerprint density at radius 2 is 2.00 bits per heavy atom. The Bertz CT molecular complexity index is 347. The zero-order chi connectivity index (χ0) is 15.8. The van der Waals surface area contributed by atoms with Crippen molar-refractivity contribution in [1.82, 2.24) is 10.6 Å². The third-order valence-electron chi connectivity index (χ3n) is 4.27. The van der Waals surface area contributed by atoms with Crippen molar-refractivity contribution in [3.8, 4) is 0 Å². The minimum atomic E-state index is -0.760. The first-order valence-corrected chi connectivity index (χ1v) is 7.70. The lowest BCUT2D eigenvalue weighted by molar-refractivity contribution is -0.137. The van der Waals surface area contributed by atoms with Gasteiger partial charge in [-0.25, -0.2) is 0 Å². The van der Waals surface area contributed by atoms with Crippen LogP contribution in [-0.2, 0) is 14.3 Å². The number of aliphatic carboxylic acids is 1. The fourth-order valence-corrected chi connectivity index (χ4v) is 2.73. The van der Waals surface area contributed by atoms with E-state index < -0.39 is 5.97 Å². The van der Waals surface area contributed by atoms with Gasteiger partial charge in [-0.05, 0) is 31.7 Å². The van der Waals surface area contributed by atoms with E-state index in [2.05, 4.69) is 24.5 Å². The van der Waals surface area contributed by atoms with Gasteiger partial charge in [0.05, 0.1) is 19.1 Å². The molecule has 1 saturated heterocycles. The molecule has 0 spiro atoms. The van der Waals surface area contributed by atoms with Crippen LogP contribution in [0.25, 0.3) is 0 Å². The summed E-state index contributed by atoms with van der Waals surface area (Å²) in [7, 11) is 1.83. The normalized spacial score (nSPS) is 23.2. The summed E-state index contributed by atoms with van der Waals surface area (Å²) in [6.45, 7) is 5.81. The number of rotatable bonds is 9. The summed E-state index contributed by atoms with van der Waals surface area (Å²) in [6, 6.07) is 0.0814. The molecule has 0 aromatic rings. The van der Waals surface area contributed by atoms with Gasteiger partial charge >= 0.3 is 5.97 Å². The first-order chi connectivity index (χ1) is 9.95. The molecule has 0 saturated carbocycles. The molecule has 1 rings (SSSR count). The van der Waals surface area contributed by atoms with E-state index in [1.807, 2.05) is 7.05 Å². The average Bonchev–Trinajstić information content (AvgIpc) is 2.90. The summed E-state index contributed by atoms with van der Waals surface area (Å²) in [5.41, 5.74) is 0. The number of carboxylic acids is 1. The first kappa shape index (κ1) is 17.9. The molecule has 6 heteroatoms. The fraction of sp³-hybridized carbons (Fsp3) is 0.867. The van der Waals surface area contributed by atoms with E-state index in [9.17, 15) is 9.59 Å². The lowest BCUT2D eigenvalue weighted by Gasteiger charge is -2.21. The molecule has 1 amide bonds. The summed E-state index contributed by atoms with van der Waals surface area (Å²) < 4.78 is 5.32. The van der Waals surface area contributed by atoms with Crippen LogP contribution in [0, 0.1) is 17.8 Å². The summed E-state index contributed by atoms with van der Waals surface area (Å²) >= 11 is 0. The van der Waals surface area contributed by atoms with Crippen LogP contribution in [0.5, 0.6) is 0 Å². The van der Waals surface area contributed by atoms with E-state index in [1.165, 1.54) is 0 Å². The maximum atomic E-state index is 12.1. The maximum Gasteiger partial charge on any atom is 0.303 e. The standard InChI is InChI=1S/C15H28N2O4/c1-10(2)11(4-5-14(18)19)6-7-17-15(20)12-8-21-9-13(12)16-3/h10-13,16H,4-9H2,1-3H3,(H,17,20)(H,18,19). The van der Waals surface area contributed by atoms with Crippen molar-refractivity contribution in [3.63, 3.8) is 0 Å². The Balaban J connectivity index is 2.32. The van der Waals surface area contributed by atoms with E-state index in [0.29, 0.717) is 38.0 Å². The third-order valence-corrected chi connectivity index (χ3v) is 4.27. The Morgan fingerprint density at radius 1 is 1.29 bits per heavy atom. The second-order valence-electron chi connectivity index (χ2n) is 6.06. The molecule has 1 fully saturated rings. The van der Waals surface area contributed by atoms with Crippen molar-refractivity contribution in [3.05, 3.63) is 0 Å². The first-order valence-electron chi connectivity index (χ1n) is 7.70. The zero-order valence-corrected chi connectivity index (χ0v) is 13.2. The Hall–Kier alpha value is -1.14. The number of carboxylic acid groups (broad SMARTS) is 1.